The number of hydrogen-bond acceptors (Lipinski definition) is 0. The molecule has 0 heteroatoms. The van der Waals surface area contributed by atoms with Crippen molar-refractivity contribution in [2.75, 3.05) is 0 Å². The highest BCUT2D eigenvalue weighted by Crippen LogP contribution is 2.34. The van der Waals surface area contributed by atoms with Gasteiger partial charge in [-0.3, -0.25) is 0 Å². The van der Waals surface area contributed by atoms with Gasteiger partial charge in [-0.05, 0) is 105 Å². The van der Waals surface area contributed by atoms with Crippen LogP contribution in [0.15, 0.2) is 53.8 Å². The van der Waals surface area contributed by atoms with Crippen LogP contribution in [-0.2, 0) is 6.42 Å². The molecule has 0 heterocycles. The highest BCUT2D eigenvalue weighted by atomic mass is 14.3. The molecule has 2 aliphatic rings. The first-order valence-corrected chi connectivity index (χ1v) is 16.1. The molecule has 0 saturated heterocycles. The maximum absolute atomic E-state index is 4.60. The summed E-state index contributed by atoms with van der Waals surface area (Å²) in [6.45, 7) is 33.0. The molecule has 2 saturated carbocycles. The fourth-order valence-electron chi connectivity index (χ4n) is 3.71. The van der Waals surface area contributed by atoms with Crippen molar-refractivity contribution < 1.29 is 0 Å². The van der Waals surface area contributed by atoms with Crippen molar-refractivity contribution >= 4 is 0 Å². The SMILES string of the molecule is C#CC.C=C(C)C(C)=C=CC.CC.CC.CC1CCC1.CCC1CC(C)C1.CCc1cccc(C(C)CC)c1. The predicted octanol–water partition coefficient (Wildman–Crippen LogP) is 13.4. The lowest BCUT2D eigenvalue weighted by molar-refractivity contribution is 0.206. The number of aryl methyl sites for hydroxylation is 1. The van der Waals surface area contributed by atoms with Crippen molar-refractivity contribution in [3.8, 4) is 12.3 Å². The molecule has 0 amide bonds. The van der Waals surface area contributed by atoms with Crippen molar-refractivity contribution in [3.63, 3.8) is 0 Å². The molecule has 0 N–H and O–H groups in total. The summed E-state index contributed by atoms with van der Waals surface area (Å²) < 4.78 is 0. The van der Waals surface area contributed by atoms with Crippen molar-refractivity contribution in [2.45, 2.75) is 154 Å². The summed E-state index contributed by atoms with van der Waals surface area (Å²) >= 11 is 0. The smallest absolute Gasteiger partial charge is 0.00297 e. The van der Waals surface area contributed by atoms with E-state index in [1.807, 2.05) is 54.5 Å². The highest BCUT2D eigenvalue weighted by Gasteiger charge is 2.22. The average molecular weight is 539 g/mol. The van der Waals surface area contributed by atoms with Crippen LogP contribution in [0.2, 0.25) is 0 Å². The zero-order valence-corrected chi connectivity index (χ0v) is 29.1. The summed E-state index contributed by atoms with van der Waals surface area (Å²) in [4.78, 5) is 0. The van der Waals surface area contributed by atoms with Crippen LogP contribution in [0.4, 0.5) is 0 Å². The molecule has 1 atom stereocenters. The number of allylic oxidation sites excluding steroid dienone is 2. The fourth-order valence-corrected chi connectivity index (χ4v) is 3.71. The van der Waals surface area contributed by atoms with E-state index in [-0.39, 0.29) is 0 Å². The van der Waals surface area contributed by atoms with Gasteiger partial charge in [0.1, 0.15) is 0 Å². The molecular formula is C39H70. The van der Waals surface area contributed by atoms with Crippen molar-refractivity contribution in [1.82, 2.24) is 0 Å². The first kappa shape index (κ1) is 44.1. The molecule has 0 aromatic heterocycles. The second kappa shape index (κ2) is 32.3. The van der Waals surface area contributed by atoms with Gasteiger partial charge in [0, 0.05) is 0 Å². The summed E-state index contributed by atoms with van der Waals surface area (Å²) in [5, 5.41) is 0. The molecule has 0 radical (unpaired) electrons. The van der Waals surface area contributed by atoms with E-state index in [1.54, 1.807) is 6.92 Å². The van der Waals surface area contributed by atoms with E-state index >= 15 is 0 Å². The second-order valence-corrected chi connectivity index (χ2v) is 10.4. The molecule has 2 aliphatic carbocycles. The van der Waals surface area contributed by atoms with E-state index in [4.69, 9.17) is 0 Å². The summed E-state index contributed by atoms with van der Waals surface area (Å²) in [6.07, 6.45) is 17.7. The van der Waals surface area contributed by atoms with Gasteiger partial charge in [0.15, 0.2) is 0 Å². The molecule has 226 valence electrons. The Labute approximate surface area is 248 Å². The summed E-state index contributed by atoms with van der Waals surface area (Å²) in [6, 6.07) is 8.92. The summed E-state index contributed by atoms with van der Waals surface area (Å²) in [5.74, 6) is 6.16. The Balaban J connectivity index is -0.000000200. The number of rotatable bonds is 5. The van der Waals surface area contributed by atoms with Crippen LogP contribution in [0, 0.1) is 30.1 Å². The van der Waals surface area contributed by atoms with Crippen molar-refractivity contribution in [1.29, 1.82) is 0 Å². The molecule has 1 aromatic rings. The first-order valence-electron chi connectivity index (χ1n) is 16.1. The minimum absolute atomic E-state index is 0.705. The summed E-state index contributed by atoms with van der Waals surface area (Å²) in [7, 11) is 0. The number of terminal acetylenes is 1. The molecule has 0 aliphatic heterocycles. The van der Waals surface area contributed by atoms with Crippen LogP contribution < -0.4 is 0 Å². The Morgan fingerprint density at radius 1 is 1.03 bits per heavy atom. The van der Waals surface area contributed by atoms with Gasteiger partial charge in [-0.25, -0.2) is 0 Å². The van der Waals surface area contributed by atoms with E-state index < -0.39 is 0 Å². The Morgan fingerprint density at radius 2 is 1.51 bits per heavy atom. The second-order valence-electron chi connectivity index (χ2n) is 10.4. The minimum Gasteiger partial charge on any atom is -0.122 e. The zero-order valence-electron chi connectivity index (χ0n) is 29.1. The van der Waals surface area contributed by atoms with Crippen LogP contribution in [0.5, 0.6) is 0 Å². The van der Waals surface area contributed by atoms with Crippen LogP contribution in [-0.4, -0.2) is 0 Å². The highest BCUT2D eigenvalue weighted by molar-refractivity contribution is 5.26. The molecule has 1 aromatic carbocycles. The van der Waals surface area contributed by atoms with E-state index in [2.05, 4.69) is 90.5 Å². The van der Waals surface area contributed by atoms with Crippen LogP contribution in [0.25, 0.3) is 0 Å². The van der Waals surface area contributed by atoms with Crippen molar-refractivity contribution in [3.05, 3.63) is 64.9 Å². The third kappa shape index (κ3) is 27.4. The quantitative estimate of drug-likeness (QED) is 0.199. The monoisotopic (exact) mass is 539 g/mol. The molecule has 0 spiro atoms. The molecule has 2 fully saturated rings. The fraction of sp³-hybridized carbons (Fsp3) is 0.667. The third-order valence-electron chi connectivity index (χ3n) is 6.98. The molecule has 39 heavy (non-hydrogen) atoms. The lowest BCUT2D eigenvalue weighted by Crippen LogP contribution is -2.19. The molecule has 0 bridgehead atoms. The molecule has 0 nitrogen and oxygen atoms in total. The topological polar surface area (TPSA) is 0 Å². The Morgan fingerprint density at radius 3 is 1.74 bits per heavy atom. The Hall–Kier alpha value is -1.96. The van der Waals surface area contributed by atoms with Gasteiger partial charge < -0.3 is 0 Å². The van der Waals surface area contributed by atoms with Gasteiger partial charge in [-0.1, -0.05) is 126 Å². The third-order valence-corrected chi connectivity index (χ3v) is 6.98. The first-order chi connectivity index (χ1) is 18.6. The lowest BCUT2D eigenvalue weighted by atomic mass is 9.75. The minimum atomic E-state index is 0.705. The van der Waals surface area contributed by atoms with E-state index in [0.29, 0.717) is 5.92 Å². The predicted molar refractivity (Wildman–Crippen MR) is 185 cm³/mol. The number of benzene rings is 1. The zero-order chi connectivity index (χ0) is 31.2. The standard InChI is InChI=1S/C12H18.C8H12.C7H14.C5H10.C3H4.2C2H6/c1-4-10(3)12-8-6-7-11(5-2)9-12;1-5-6-8(4)7(2)3;1-3-7-4-6(2)5-7;1-5-3-2-4-5;1-3-2;2*1-2/h6-10H,4-5H2,1-3H3;5H,2H2,1,3-4H3;6-7H,3-5H2,1-2H3;5H,2-4H2,1H3;1H,2H3;2*1-2H3. The largest absolute Gasteiger partial charge is 0.122 e. The van der Waals surface area contributed by atoms with Crippen LogP contribution in [0.3, 0.4) is 0 Å². The molecule has 1 unspecified atom stereocenters. The summed E-state index contributed by atoms with van der Waals surface area (Å²) in [5.41, 5.74) is 8.19. The Kier molecular flexibility index (Phi) is 36.4. The maximum Gasteiger partial charge on any atom is -0.00297 e. The maximum atomic E-state index is 4.60. The normalized spacial score (nSPS) is 16.5. The van der Waals surface area contributed by atoms with E-state index in [0.717, 1.165) is 35.3 Å². The van der Waals surface area contributed by atoms with Gasteiger partial charge in [-0.15, -0.1) is 18.1 Å². The molecular weight excluding hydrogens is 468 g/mol. The molecule has 3 rings (SSSR count). The average Bonchev–Trinajstić information content (AvgIpc) is 2.93. The lowest BCUT2D eigenvalue weighted by Gasteiger charge is -2.31. The van der Waals surface area contributed by atoms with Crippen molar-refractivity contribution in [2.24, 2.45) is 17.8 Å². The van der Waals surface area contributed by atoms with Crippen LogP contribution in [0.1, 0.15) is 159 Å². The Bertz CT molecular complexity index is 755. The van der Waals surface area contributed by atoms with Crippen LogP contribution >= 0.6 is 0 Å². The van der Waals surface area contributed by atoms with Gasteiger partial charge in [-0.2, -0.15) is 0 Å². The van der Waals surface area contributed by atoms with Gasteiger partial charge in [0.2, 0.25) is 0 Å². The van der Waals surface area contributed by atoms with Gasteiger partial charge in [0.25, 0.3) is 0 Å². The van der Waals surface area contributed by atoms with E-state index in [9.17, 15) is 0 Å². The number of hydrogen-bond donors (Lipinski definition) is 0. The van der Waals surface area contributed by atoms with E-state index in [1.165, 1.54) is 56.1 Å². The van der Waals surface area contributed by atoms with Gasteiger partial charge >= 0.3 is 0 Å². The van der Waals surface area contributed by atoms with Gasteiger partial charge in [0.05, 0.1) is 0 Å².